The summed E-state index contributed by atoms with van der Waals surface area (Å²) in [5.74, 6) is 1.52. The molecule has 1 aliphatic carbocycles. The van der Waals surface area contributed by atoms with Gasteiger partial charge in [-0.25, -0.2) is 0 Å². The lowest BCUT2D eigenvalue weighted by atomic mass is 9.67. The van der Waals surface area contributed by atoms with Crippen LogP contribution in [0.15, 0.2) is 0 Å². The van der Waals surface area contributed by atoms with Crippen molar-refractivity contribution in [3.63, 3.8) is 0 Å². The van der Waals surface area contributed by atoms with Crippen LogP contribution < -0.4 is 5.73 Å². The van der Waals surface area contributed by atoms with Crippen LogP contribution >= 0.6 is 0 Å². The van der Waals surface area contributed by atoms with E-state index in [-0.39, 0.29) is 0 Å². The largest absolute Gasteiger partial charge is 0.381 e. The third-order valence-corrected chi connectivity index (χ3v) is 6.25. The molecule has 2 N–H and O–H groups in total. The Hall–Kier alpha value is -0.120. The molecule has 1 aliphatic heterocycles. The van der Waals surface area contributed by atoms with Gasteiger partial charge in [0.25, 0.3) is 0 Å². The standard InChI is InChI=1S/C18H36N2O/c1-5-18(2,3)15-8-9-16(19)17(11-15)20(4)12-14-7-6-10-21-13-14/h14-17H,5-13,19H2,1-4H3. The predicted octanol–water partition coefficient (Wildman–Crippen LogP) is 3.28. The van der Waals surface area contributed by atoms with Gasteiger partial charge in [0.1, 0.15) is 0 Å². The fourth-order valence-corrected chi connectivity index (χ4v) is 4.17. The van der Waals surface area contributed by atoms with Gasteiger partial charge in [-0.05, 0) is 56.4 Å². The first kappa shape index (κ1) is 17.2. The Balaban J connectivity index is 1.92. The summed E-state index contributed by atoms with van der Waals surface area (Å²) in [5.41, 5.74) is 6.91. The summed E-state index contributed by atoms with van der Waals surface area (Å²) in [6, 6.07) is 0.903. The van der Waals surface area contributed by atoms with E-state index < -0.39 is 0 Å². The first-order valence-electron chi connectivity index (χ1n) is 8.97. The van der Waals surface area contributed by atoms with Gasteiger partial charge >= 0.3 is 0 Å². The normalized spacial score (nSPS) is 35.1. The van der Waals surface area contributed by atoms with Gasteiger partial charge in [0.2, 0.25) is 0 Å². The molecule has 2 aliphatic rings. The van der Waals surface area contributed by atoms with E-state index in [9.17, 15) is 0 Å². The number of ether oxygens (including phenoxy) is 1. The predicted molar refractivity (Wildman–Crippen MR) is 89.3 cm³/mol. The minimum atomic E-state index is 0.350. The Labute approximate surface area is 131 Å². The second-order valence-corrected chi connectivity index (χ2v) is 8.11. The van der Waals surface area contributed by atoms with E-state index in [4.69, 9.17) is 10.5 Å². The van der Waals surface area contributed by atoms with Crippen molar-refractivity contribution in [2.75, 3.05) is 26.8 Å². The average molecular weight is 296 g/mol. The van der Waals surface area contributed by atoms with Gasteiger partial charge < -0.3 is 15.4 Å². The lowest BCUT2D eigenvalue weighted by Gasteiger charge is -2.45. The Kier molecular flexibility index (Phi) is 6.10. The fraction of sp³-hybridized carbons (Fsp3) is 1.00. The summed E-state index contributed by atoms with van der Waals surface area (Å²) in [6.07, 6.45) is 7.56. The molecule has 0 radical (unpaired) electrons. The highest BCUT2D eigenvalue weighted by molar-refractivity contribution is 4.93. The van der Waals surface area contributed by atoms with Crippen molar-refractivity contribution in [3.05, 3.63) is 0 Å². The molecule has 1 heterocycles. The SMILES string of the molecule is CCC(C)(C)C1CCC(N)C(N(C)CC2CCCOC2)C1. The second kappa shape index (κ2) is 7.43. The maximum absolute atomic E-state index is 6.46. The second-order valence-electron chi connectivity index (χ2n) is 8.11. The molecule has 4 atom stereocenters. The van der Waals surface area contributed by atoms with Gasteiger partial charge in [0.05, 0.1) is 6.61 Å². The van der Waals surface area contributed by atoms with Crippen LogP contribution in [-0.4, -0.2) is 43.8 Å². The lowest BCUT2D eigenvalue weighted by molar-refractivity contribution is 0.0195. The van der Waals surface area contributed by atoms with Crippen LogP contribution in [0.25, 0.3) is 0 Å². The van der Waals surface area contributed by atoms with Crippen molar-refractivity contribution >= 4 is 0 Å². The molecule has 4 unspecified atom stereocenters. The van der Waals surface area contributed by atoms with Gasteiger partial charge in [-0.1, -0.05) is 27.2 Å². The van der Waals surface area contributed by atoms with E-state index in [0.29, 0.717) is 23.4 Å². The molecule has 3 nitrogen and oxygen atoms in total. The molecular formula is C18H36N2O. The van der Waals surface area contributed by atoms with Crippen molar-refractivity contribution in [2.24, 2.45) is 23.0 Å². The van der Waals surface area contributed by atoms with Crippen molar-refractivity contribution < 1.29 is 4.74 Å². The molecule has 0 aromatic carbocycles. The van der Waals surface area contributed by atoms with E-state index in [1.54, 1.807) is 0 Å². The minimum Gasteiger partial charge on any atom is -0.381 e. The topological polar surface area (TPSA) is 38.5 Å². The first-order valence-corrected chi connectivity index (χ1v) is 8.97. The number of hydrogen-bond acceptors (Lipinski definition) is 3. The van der Waals surface area contributed by atoms with Crippen LogP contribution in [0.4, 0.5) is 0 Å². The molecule has 21 heavy (non-hydrogen) atoms. The number of hydrogen-bond donors (Lipinski definition) is 1. The maximum atomic E-state index is 6.46. The molecule has 3 heteroatoms. The smallest absolute Gasteiger partial charge is 0.0506 e. The quantitative estimate of drug-likeness (QED) is 0.846. The third kappa shape index (κ3) is 4.43. The lowest BCUT2D eigenvalue weighted by Crippen LogP contribution is -2.52. The number of nitrogens with zero attached hydrogens (tertiary/aromatic N) is 1. The van der Waals surface area contributed by atoms with E-state index >= 15 is 0 Å². The summed E-state index contributed by atoms with van der Waals surface area (Å²) >= 11 is 0. The highest BCUT2D eigenvalue weighted by Crippen LogP contribution is 2.41. The van der Waals surface area contributed by atoms with Gasteiger partial charge in [0, 0.05) is 25.2 Å². The van der Waals surface area contributed by atoms with E-state index in [1.165, 1.54) is 38.5 Å². The van der Waals surface area contributed by atoms with Gasteiger partial charge in [0.15, 0.2) is 0 Å². The molecule has 2 fully saturated rings. The Morgan fingerprint density at radius 1 is 1.24 bits per heavy atom. The van der Waals surface area contributed by atoms with Crippen LogP contribution in [0.2, 0.25) is 0 Å². The minimum absolute atomic E-state index is 0.350. The van der Waals surface area contributed by atoms with Crippen LogP contribution in [-0.2, 0) is 4.74 Å². The highest BCUT2D eigenvalue weighted by Gasteiger charge is 2.37. The van der Waals surface area contributed by atoms with E-state index in [2.05, 4.69) is 32.7 Å². The molecule has 0 aromatic rings. The van der Waals surface area contributed by atoms with Crippen LogP contribution in [0, 0.1) is 17.3 Å². The summed E-state index contributed by atoms with van der Waals surface area (Å²) < 4.78 is 5.63. The van der Waals surface area contributed by atoms with Gasteiger partial charge in [-0.3, -0.25) is 0 Å². The molecule has 124 valence electrons. The Morgan fingerprint density at radius 2 is 2.00 bits per heavy atom. The Bertz CT molecular complexity index is 312. The molecular weight excluding hydrogens is 260 g/mol. The van der Waals surface area contributed by atoms with E-state index in [1.807, 2.05) is 0 Å². The zero-order valence-electron chi connectivity index (χ0n) is 14.6. The van der Waals surface area contributed by atoms with Crippen molar-refractivity contribution in [2.45, 2.75) is 71.4 Å². The Morgan fingerprint density at radius 3 is 2.62 bits per heavy atom. The van der Waals surface area contributed by atoms with Gasteiger partial charge in [-0.2, -0.15) is 0 Å². The molecule has 1 saturated carbocycles. The molecule has 0 spiro atoms. The summed E-state index contributed by atoms with van der Waals surface area (Å²) in [6.45, 7) is 10.2. The third-order valence-electron chi connectivity index (χ3n) is 6.25. The molecule has 0 aromatic heterocycles. The molecule has 0 bridgehead atoms. The summed E-state index contributed by atoms with van der Waals surface area (Å²) in [5, 5.41) is 0. The number of nitrogens with two attached hydrogens (primary N) is 1. The van der Waals surface area contributed by atoms with Crippen molar-refractivity contribution in [1.29, 1.82) is 0 Å². The fourth-order valence-electron chi connectivity index (χ4n) is 4.17. The zero-order valence-corrected chi connectivity index (χ0v) is 14.6. The maximum Gasteiger partial charge on any atom is 0.0506 e. The van der Waals surface area contributed by atoms with Crippen LogP contribution in [0.1, 0.15) is 59.3 Å². The molecule has 1 saturated heterocycles. The zero-order chi connectivity index (χ0) is 15.5. The summed E-state index contributed by atoms with van der Waals surface area (Å²) in [7, 11) is 2.28. The van der Waals surface area contributed by atoms with Crippen molar-refractivity contribution in [1.82, 2.24) is 4.90 Å². The van der Waals surface area contributed by atoms with Crippen molar-refractivity contribution in [3.8, 4) is 0 Å². The highest BCUT2D eigenvalue weighted by atomic mass is 16.5. The average Bonchev–Trinajstić information content (AvgIpc) is 2.48. The van der Waals surface area contributed by atoms with Gasteiger partial charge in [-0.15, -0.1) is 0 Å². The molecule has 2 rings (SSSR count). The number of likely N-dealkylation sites (N-methyl/N-ethyl adjacent to an activating group) is 1. The molecule has 0 amide bonds. The summed E-state index contributed by atoms with van der Waals surface area (Å²) in [4.78, 5) is 2.54. The monoisotopic (exact) mass is 296 g/mol. The van der Waals surface area contributed by atoms with E-state index in [0.717, 1.165) is 25.7 Å². The van der Waals surface area contributed by atoms with Crippen LogP contribution in [0.3, 0.4) is 0 Å². The first-order chi connectivity index (χ1) is 9.94. The number of rotatable bonds is 5. The van der Waals surface area contributed by atoms with Crippen LogP contribution in [0.5, 0.6) is 0 Å².